The molecule has 2 aromatic heterocycles. The highest BCUT2D eigenvalue weighted by molar-refractivity contribution is 6.30. The molecule has 7 aromatic carbocycles. The summed E-state index contributed by atoms with van der Waals surface area (Å²) in [6.07, 6.45) is 0. The van der Waals surface area contributed by atoms with Gasteiger partial charge in [0.05, 0.1) is 16.6 Å². The van der Waals surface area contributed by atoms with Crippen LogP contribution in [0.2, 0.25) is 0 Å². The Kier molecular flexibility index (Phi) is 4.45. The standard InChI is InChI=1S/C40H23N3/c1-2-11-26(12-3-1)39-41-38-27-14-5-4-10-24(27)20-22-32(38)40(42-39)43-33-19-9-18-31-29-16-7-6-15-28(29)30-17-8-13-25-21-23-34(43)37(35(25)30)36(31)33/h1-23H. The zero-order chi connectivity index (χ0) is 28.1. The van der Waals surface area contributed by atoms with Crippen LogP contribution in [0.1, 0.15) is 0 Å². The average Bonchev–Trinajstić information content (AvgIpc) is 3.36. The van der Waals surface area contributed by atoms with Gasteiger partial charge in [0.1, 0.15) is 5.82 Å². The number of nitrogens with zero attached hydrogens (tertiary/aromatic N) is 3. The molecule has 3 nitrogen and oxygen atoms in total. The smallest absolute Gasteiger partial charge is 0.162 e. The highest BCUT2D eigenvalue weighted by Crippen LogP contribution is 2.49. The van der Waals surface area contributed by atoms with Crippen LogP contribution >= 0.6 is 0 Å². The number of rotatable bonds is 2. The molecule has 9 aromatic rings. The van der Waals surface area contributed by atoms with Gasteiger partial charge in [-0.15, -0.1) is 0 Å². The molecule has 0 saturated heterocycles. The number of hydrogen-bond acceptors (Lipinski definition) is 2. The van der Waals surface area contributed by atoms with Crippen LogP contribution < -0.4 is 0 Å². The minimum atomic E-state index is 0.726. The van der Waals surface area contributed by atoms with Crippen LogP contribution in [-0.2, 0) is 0 Å². The summed E-state index contributed by atoms with van der Waals surface area (Å²) in [5, 5.41) is 8.44. The summed E-state index contributed by atoms with van der Waals surface area (Å²) in [7, 11) is 0. The number of benzene rings is 7. The molecule has 0 aliphatic heterocycles. The zero-order valence-corrected chi connectivity index (χ0v) is 23.1. The van der Waals surface area contributed by atoms with E-state index in [4.69, 9.17) is 9.97 Å². The van der Waals surface area contributed by atoms with Gasteiger partial charge in [-0.05, 0) is 56.6 Å². The summed E-state index contributed by atoms with van der Waals surface area (Å²) in [6.45, 7) is 0. The highest BCUT2D eigenvalue weighted by Gasteiger charge is 2.26. The van der Waals surface area contributed by atoms with Crippen LogP contribution in [0, 0.1) is 0 Å². The van der Waals surface area contributed by atoms with E-state index in [-0.39, 0.29) is 0 Å². The highest BCUT2D eigenvalue weighted by atomic mass is 15.1. The predicted octanol–water partition coefficient (Wildman–Crippen LogP) is 10.3. The molecule has 1 aliphatic carbocycles. The van der Waals surface area contributed by atoms with Crippen LogP contribution in [0.3, 0.4) is 0 Å². The van der Waals surface area contributed by atoms with Gasteiger partial charge in [-0.25, -0.2) is 9.97 Å². The molecule has 0 N–H and O–H groups in total. The second-order valence-electron chi connectivity index (χ2n) is 11.4. The van der Waals surface area contributed by atoms with Crippen molar-refractivity contribution in [3.63, 3.8) is 0 Å². The Balaban J connectivity index is 1.44. The molecule has 1 aliphatic rings. The van der Waals surface area contributed by atoms with Crippen molar-refractivity contribution < 1.29 is 0 Å². The van der Waals surface area contributed by atoms with Crippen LogP contribution in [0.4, 0.5) is 0 Å². The summed E-state index contributed by atoms with van der Waals surface area (Å²) in [5.41, 5.74) is 9.35. The molecule has 0 amide bonds. The van der Waals surface area contributed by atoms with Gasteiger partial charge in [-0.1, -0.05) is 121 Å². The van der Waals surface area contributed by atoms with Crippen molar-refractivity contribution in [1.82, 2.24) is 14.5 Å². The Hall–Kier alpha value is -5.80. The molecular weight excluding hydrogens is 522 g/mol. The van der Waals surface area contributed by atoms with Crippen molar-refractivity contribution in [2.45, 2.75) is 0 Å². The molecule has 0 atom stereocenters. The maximum absolute atomic E-state index is 5.37. The zero-order valence-electron chi connectivity index (χ0n) is 23.1. The first-order chi connectivity index (χ1) is 21.3. The largest absolute Gasteiger partial charge is 0.293 e. The molecule has 0 bridgehead atoms. The van der Waals surface area contributed by atoms with E-state index in [1.54, 1.807) is 0 Å². The summed E-state index contributed by atoms with van der Waals surface area (Å²) < 4.78 is 2.38. The maximum atomic E-state index is 5.37. The molecule has 198 valence electrons. The molecule has 0 unspecified atom stereocenters. The first-order valence-electron chi connectivity index (χ1n) is 14.7. The van der Waals surface area contributed by atoms with Crippen LogP contribution in [0.15, 0.2) is 140 Å². The number of aromatic nitrogens is 3. The fourth-order valence-electron chi connectivity index (χ4n) is 7.29. The van der Waals surface area contributed by atoms with Crippen molar-refractivity contribution in [1.29, 1.82) is 0 Å². The molecule has 0 saturated carbocycles. The second-order valence-corrected chi connectivity index (χ2v) is 11.4. The predicted molar refractivity (Wildman–Crippen MR) is 179 cm³/mol. The summed E-state index contributed by atoms with van der Waals surface area (Å²) in [6, 6.07) is 50.0. The van der Waals surface area contributed by atoms with E-state index >= 15 is 0 Å². The van der Waals surface area contributed by atoms with Crippen molar-refractivity contribution in [2.75, 3.05) is 0 Å². The molecule has 10 rings (SSSR count). The van der Waals surface area contributed by atoms with Crippen molar-refractivity contribution in [2.24, 2.45) is 0 Å². The molecule has 3 heteroatoms. The first-order valence-corrected chi connectivity index (χ1v) is 14.7. The van der Waals surface area contributed by atoms with E-state index in [1.165, 1.54) is 49.2 Å². The monoisotopic (exact) mass is 545 g/mol. The van der Waals surface area contributed by atoms with Crippen molar-refractivity contribution in [3.05, 3.63) is 140 Å². The van der Waals surface area contributed by atoms with Crippen molar-refractivity contribution >= 4 is 54.3 Å². The van der Waals surface area contributed by atoms with Crippen LogP contribution in [-0.4, -0.2) is 14.5 Å². The summed E-state index contributed by atoms with van der Waals surface area (Å²) in [4.78, 5) is 10.6. The van der Waals surface area contributed by atoms with E-state index in [1.807, 2.05) is 6.07 Å². The van der Waals surface area contributed by atoms with Gasteiger partial charge in [0.25, 0.3) is 0 Å². The summed E-state index contributed by atoms with van der Waals surface area (Å²) >= 11 is 0. The minimum Gasteiger partial charge on any atom is -0.293 e. The fourth-order valence-corrected chi connectivity index (χ4v) is 7.29. The second kappa shape index (κ2) is 8.37. The Labute approximate surface area is 247 Å². The van der Waals surface area contributed by atoms with Gasteiger partial charge in [-0.3, -0.25) is 4.57 Å². The Morgan fingerprint density at radius 3 is 1.91 bits per heavy atom. The molecule has 43 heavy (non-hydrogen) atoms. The lowest BCUT2D eigenvalue weighted by Crippen LogP contribution is -2.03. The van der Waals surface area contributed by atoms with Gasteiger partial charge in [0.2, 0.25) is 0 Å². The third-order valence-corrected chi connectivity index (χ3v) is 9.12. The third kappa shape index (κ3) is 3.03. The lowest BCUT2D eigenvalue weighted by atomic mass is 9.93. The number of hydrogen-bond donors (Lipinski definition) is 0. The number of fused-ring (bicyclic) bond motifs is 6. The normalized spacial score (nSPS) is 12.2. The Morgan fingerprint density at radius 1 is 0.395 bits per heavy atom. The van der Waals surface area contributed by atoms with E-state index < -0.39 is 0 Å². The van der Waals surface area contributed by atoms with Gasteiger partial charge in [0, 0.05) is 27.1 Å². The quantitative estimate of drug-likeness (QED) is 0.202. The van der Waals surface area contributed by atoms with E-state index in [2.05, 4.69) is 138 Å². The molecule has 0 spiro atoms. The maximum Gasteiger partial charge on any atom is 0.162 e. The lowest BCUT2D eigenvalue weighted by Gasteiger charge is -2.15. The molecular formula is C40H23N3. The molecule has 0 radical (unpaired) electrons. The average molecular weight is 546 g/mol. The van der Waals surface area contributed by atoms with Crippen LogP contribution in [0.25, 0.3) is 93.7 Å². The van der Waals surface area contributed by atoms with Gasteiger partial charge >= 0.3 is 0 Å². The van der Waals surface area contributed by atoms with E-state index in [0.717, 1.165) is 44.5 Å². The Bertz CT molecular complexity index is 2610. The SMILES string of the molecule is c1ccc(-c2nc(-n3c4cccc5c4c4c6c(cccc6ccc43)-c3ccccc3-5)c3ccc4ccccc4c3n2)cc1. The topological polar surface area (TPSA) is 30.7 Å². The lowest BCUT2D eigenvalue weighted by molar-refractivity contribution is 1.08. The molecule has 0 fully saturated rings. The first kappa shape index (κ1) is 22.8. The van der Waals surface area contributed by atoms with Gasteiger partial charge < -0.3 is 0 Å². The third-order valence-electron chi connectivity index (χ3n) is 9.12. The van der Waals surface area contributed by atoms with Crippen molar-refractivity contribution in [3.8, 4) is 39.5 Å². The van der Waals surface area contributed by atoms with Gasteiger partial charge in [0.15, 0.2) is 5.82 Å². The minimum absolute atomic E-state index is 0.726. The van der Waals surface area contributed by atoms with E-state index in [0.29, 0.717) is 0 Å². The van der Waals surface area contributed by atoms with E-state index in [9.17, 15) is 0 Å². The summed E-state index contributed by atoms with van der Waals surface area (Å²) in [5.74, 6) is 1.63. The van der Waals surface area contributed by atoms with Crippen LogP contribution in [0.5, 0.6) is 0 Å². The van der Waals surface area contributed by atoms with Gasteiger partial charge in [-0.2, -0.15) is 0 Å². The fraction of sp³-hybridized carbons (Fsp3) is 0. The molecule has 2 heterocycles. The Morgan fingerprint density at radius 2 is 1.05 bits per heavy atom.